The van der Waals surface area contributed by atoms with E-state index >= 15 is 0 Å². The summed E-state index contributed by atoms with van der Waals surface area (Å²) in [6.45, 7) is 5.71. The minimum absolute atomic E-state index is 0.0901. The molecule has 0 bridgehead atoms. The zero-order valence-electron chi connectivity index (χ0n) is 22.2. The van der Waals surface area contributed by atoms with E-state index in [2.05, 4.69) is 48.1 Å². The van der Waals surface area contributed by atoms with Gasteiger partial charge < -0.3 is 9.64 Å². The van der Waals surface area contributed by atoms with Crippen molar-refractivity contribution in [3.8, 4) is 28.3 Å². The summed E-state index contributed by atoms with van der Waals surface area (Å²) in [6, 6.07) is 15.7. The van der Waals surface area contributed by atoms with E-state index in [1.54, 1.807) is 34.2 Å². The Morgan fingerprint density at radius 3 is 2.36 bits per heavy atom. The first-order valence-electron chi connectivity index (χ1n) is 12.9. The third kappa shape index (κ3) is 6.01. The smallest absolute Gasteiger partial charge is 0.272 e. The Balaban J connectivity index is 1.43. The molecule has 39 heavy (non-hydrogen) atoms. The van der Waals surface area contributed by atoms with Gasteiger partial charge in [-0.05, 0) is 35.2 Å². The Morgan fingerprint density at radius 2 is 1.72 bits per heavy atom. The number of nitrogens with zero attached hydrogens (tertiary/aromatic N) is 5. The Kier molecular flexibility index (Phi) is 7.47. The van der Waals surface area contributed by atoms with Crippen LogP contribution in [0, 0.1) is 0 Å². The summed E-state index contributed by atoms with van der Waals surface area (Å²) in [7, 11) is -3.21. The second-order valence-corrected chi connectivity index (χ2v) is 12.3. The van der Waals surface area contributed by atoms with Gasteiger partial charge in [0, 0.05) is 60.7 Å². The van der Waals surface area contributed by atoms with Gasteiger partial charge in [-0.2, -0.15) is 5.10 Å². The molecular formula is C29H31N5O4S. The molecule has 0 radical (unpaired) electrons. The van der Waals surface area contributed by atoms with Gasteiger partial charge in [0.2, 0.25) is 5.88 Å². The van der Waals surface area contributed by atoms with Crippen molar-refractivity contribution >= 4 is 15.7 Å². The quantitative estimate of drug-likeness (QED) is 0.310. The van der Waals surface area contributed by atoms with E-state index in [-0.39, 0.29) is 18.2 Å². The fourth-order valence-electron chi connectivity index (χ4n) is 4.55. The van der Waals surface area contributed by atoms with Crippen molar-refractivity contribution in [2.75, 3.05) is 25.1 Å². The molecule has 5 rings (SSSR count). The van der Waals surface area contributed by atoms with Crippen LogP contribution in [0.3, 0.4) is 0 Å². The van der Waals surface area contributed by atoms with Crippen LogP contribution < -0.4 is 4.74 Å². The molecule has 4 aromatic rings. The summed E-state index contributed by atoms with van der Waals surface area (Å²) in [6.07, 6.45) is 6.22. The summed E-state index contributed by atoms with van der Waals surface area (Å²) in [5.41, 5.74) is 5.58. The van der Waals surface area contributed by atoms with Crippen molar-refractivity contribution in [2.24, 2.45) is 0 Å². The molecule has 0 N–H and O–H groups in total. The van der Waals surface area contributed by atoms with Gasteiger partial charge in [0.05, 0.1) is 12.3 Å². The lowest BCUT2D eigenvalue weighted by molar-refractivity contribution is 0.0710. The highest BCUT2D eigenvalue weighted by Gasteiger charge is 2.32. The SMILES string of the molecule is CC(C)c1ccc(COc2ccc(-c3c(-c4ccncc4)nn4c3C(=O)N(CCS(C)(=O)=O)CC4)cn2)cc1. The van der Waals surface area contributed by atoms with Gasteiger partial charge in [0.15, 0.2) is 0 Å². The van der Waals surface area contributed by atoms with Crippen molar-refractivity contribution in [1.29, 1.82) is 0 Å². The van der Waals surface area contributed by atoms with Crippen LogP contribution in [0.25, 0.3) is 22.4 Å². The van der Waals surface area contributed by atoms with E-state index in [4.69, 9.17) is 9.84 Å². The maximum Gasteiger partial charge on any atom is 0.272 e. The van der Waals surface area contributed by atoms with E-state index in [0.29, 0.717) is 48.4 Å². The molecule has 0 atom stereocenters. The van der Waals surface area contributed by atoms with Crippen LogP contribution in [0.1, 0.15) is 41.4 Å². The number of hydrogen-bond acceptors (Lipinski definition) is 7. The molecule has 3 aromatic heterocycles. The van der Waals surface area contributed by atoms with Crippen LogP contribution >= 0.6 is 0 Å². The van der Waals surface area contributed by atoms with E-state index in [0.717, 1.165) is 16.7 Å². The largest absolute Gasteiger partial charge is 0.473 e. The highest BCUT2D eigenvalue weighted by Crippen LogP contribution is 2.36. The third-order valence-corrected chi connectivity index (χ3v) is 7.69. The average molecular weight is 546 g/mol. The Morgan fingerprint density at radius 1 is 0.974 bits per heavy atom. The topological polar surface area (TPSA) is 107 Å². The van der Waals surface area contributed by atoms with Crippen molar-refractivity contribution < 1.29 is 17.9 Å². The monoisotopic (exact) mass is 545 g/mol. The van der Waals surface area contributed by atoms with Crippen molar-refractivity contribution in [2.45, 2.75) is 32.9 Å². The number of amides is 1. The van der Waals surface area contributed by atoms with E-state index < -0.39 is 9.84 Å². The Bertz CT molecular complexity index is 1560. The maximum atomic E-state index is 13.6. The number of pyridine rings is 2. The van der Waals surface area contributed by atoms with Crippen molar-refractivity contribution in [1.82, 2.24) is 24.6 Å². The minimum atomic E-state index is -3.21. The average Bonchev–Trinajstić information content (AvgIpc) is 3.32. The lowest BCUT2D eigenvalue weighted by Gasteiger charge is -2.27. The molecule has 0 saturated carbocycles. The molecule has 0 fully saturated rings. The van der Waals surface area contributed by atoms with E-state index in [1.807, 2.05) is 18.2 Å². The first-order chi connectivity index (χ1) is 18.7. The van der Waals surface area contributed by atoms with Gasteiger partial charge in [0.1, 0.15) is 27.8 Å². The molecule has 1 aliphatic heterocycles. The summed E-state index contributed by atoms with van der Waals surface area (Å²) < 4.78 is 31.1. The Hall–Kier alpha value is -4.05. The third-order valence-electron chi connectivity index (χ3n) is 6.77. The van der Waals surface area contributed by atoms with Crippen LogP contribution in [0.4, 0.5) is 0 Å². The molecule has 10 heteroatoms. The maximum absolute atomic E-state index is 13.6. The molecule has 1 aromatic carbocycles. The lowest BCUT2D eigenvalue weighted by atomic mass is 9.99. The minimum Gasteiger partial charge on any atom is -0.473 e. The van der Waals surface area contributed by atoms with Gasteiger partial charge in [-0.25, -0.2) is 13.4 Å². The fraction of sp³-hybridized carbons (Fsp3) is 0.310. The number of hydrogen-bond donors (Lipinski definition) is 0. The normalized spacial score (nSPS) is 13.5. The summed E-state index contributed by atoms with van der Waals surface area (Å²) >= 11 is 0. The molecule has 202 valence electrons. The Labute approximate surface area is 228 Å². The second kappa shape index (κ2) is 11.0. The number of sulfone groups is 1. The molecule has 0 saturated heterocycles. The van der Waals surface area contributed by atoms with Crippen LogP contribution in [-0.4, -0.2) is 64.1 Å². The summed E-state index contributed by atoms with van der Waals surface area (Å²) in [5, 5.41) is 4.77. The summed E-state index contributed by atoms with van der Waals surface area (Å²) in [5.74, 6) is 0.601. The number of carbonyl (C=O) groups is 1. The van der Waals surface area contributed by atoms with Gasteiger partial charge in [-0.15, -0.1) is 0 Å². The lowest BCUT2D eigenvalue weighted by Crippen LogP contribution is -2.42. The predicted molar refractivity (Wildman–Crippen MR) is 149 cm³/mol. The first kappa shape index (κ1) is 26.6. The highest BCUT2D eigenvalue weighted by atomic mass is 32.2. The molecular weight excluding hydrogens is 514 g/mol. The summed E-state index contributed by atoms with van der Waals surface area (Å²) in [4.78, 5) is 23.8. The molecule has 0 aliphatic carbocycles. The molecule has 4 heterocycles. The number of rotatable bonds is 9. The first-order valence-corrected chi connectivity index (χ1v) is 14.9. The van der Waals surface area contributed by atoms with Crippen LogP contribution in [0.2, 0.25) is 0 Å². The number of aromatic nitrogens is 4. The highest BCUT2D eigenvalue weighted by molar-refractivity contribution is 7.90. The van der Waals surface area contributed by atoms with Crippen LogP contribution in [0.15, 0.2) is 67.1 Å². The molecule has 0 unspecified atom stereocenters. The number of ether oxygens (including phenoxy) is 1. The van der Waals surface area contributed by atoms with Gasteiger partial charge >= 0.3 is 0 Å². The second-order valence-electron chi connectivity index (χ2n) is 10.0. The predicted octanol–water partition coefficient (Wildman–Crippen LogP) is 4.21. The van der Waals surface area contributed by atoms with E-state index in [9.17, 15) is 13.2 Å². The molecule has 1 aliphatic rings. The molecule has 0 spiro atoms. The van der Waals surface area contributed by atoms with Crippen molar-refractivity contribution in [3.63, 3.8) is 0 Å². The van der Waals surface area contributed by atoms with Gasteiger partial charge in [0.25, 0.3) is 5.91 Å². The van der Waals surface area contributed by atoms with E-state index in [1.165, 1.54) is 11.8 Å². The molecule has 1 amide bonds. The van der Waals surface area contributed by atoms with Crippen LogP contribution in [0.5, 0.6) is 5.88 Å². The molecule has 9 nitrogen and oxygen atoms in total. The number of fused-ring (bicyclic) bond motifs is 1. The van der Waals surface area contributed by atoms with Gasteiger partial charge in [-0.1, -0.05) is 38.1 Å². The fourth-order valence-corrected chi connectivity index (χ4v) is 5.10. The zero-order valence-corrected chi connectivity index (χ0v) is 23.1. The standard InChI is InChI=1S/C29H31N5O4S/c1-20(2)22-6-4-21(5-7-22)19-38-25-9-8-24(18-31-25)26-27(23-10-12-30-13-11-23)32-34-15-14-33(29(35)28(26)34)16-17-39(3,36)37/h4-13,18,20H,14-17,19H2,1-3H3. The number of benzene rings is 1. The number of carbonyl (C=O) groups excluding carboxylic acids is 1. The van der Waals surface area contributed by atoms with Crippen molar-refractivity contribution in [3.05, 3.63) is 83.9 Å². The zero-order chi connectivity index (χ0) is 27.6. The van der Waals surface area contributed by atoms with Gasteiger partial charge in [-0.3, -0.25) is 14.5 Å². The van der Waals surface area contributed by atoms with Crippen LogP contribution in [-0.2, 0) is 23.0 Å².